The third-order valence-corrected chi connectivity index (χ3v) is 6.02. The summed E-state index contributed by atoms with van der Waals surface area (Å²) < 4.78 is 11.4. The molecule has 0 spiro atoms. The molecule has 1 aromatic heterocycles. The molecule has 4 nitrogen and oxygen atoms in total. The van der Waals surface area contributed by atoms with Crippen LogP contribution in [-0.2, 0) is 16.0 Å². The van der Waals surface area contributed by atoms with E-state index in [2.05, 4.69) is 27.3 Å². The highest BCUT2D eigenvalue weighted by Gasteiger charge is 2.43. The summed E-state index contributed by atoms with van der Waals surface area (Å²) in [6.07, 6.45) is 0. The second-order valence-corrected chi connectivity index (χ2v) is 7.48. The van der Waals surface area contributed by atoms with Gasteiger partial charge in [0, 0.05) is 49.6 Å². The van der Waals surface area contributed by atoms with E-state index in [4.69, 9.17) is 9.47 Å². The molecule has 3 fully saturated rings. The SMILES string of the molecule is c1csc(CN2C[C@H]3COC[C@H](N4CCOCC4)[C@H]3C2)c1. The topological polar surface area (TPSA) is 24.9 Å². The molecule has 3 saturated heterocycles. The highest BCUT2D eigenvalue weighted by Crippen LogP contribution is 2.34. The van der Waals surface area contributed by atoms with Crippen LogP contribution in [0.4, 0.5) is 0 Å². The van der Waals surface area contributed by atoms with Crippen LogP contribution >= 0.6 is 11.3 Å². The first kappa shape index (κ1) is 14.2. The van der Waals surface area contributed by atoms with Crippen molar-refractivity contribution >= 4 is 11.3 Å². The third-order valence-electron chi connectivity index (χ3n) is 5.16. The summed E-state index contributed by atoms with van der Waals surface area (Å²) in [5.41, 5.74) is 0. The number of hydrogen-bond donors (Lipinski definition) is 0. The van der Waals surface area contributed by atoms with Crippen LogP contribution in [0.25, 0.3) is 0 Å². The fraction of sp³-hybridized carbons (Fsp3) is 0.750. The molecule has 116 valence electrons. The highest BCUT2D eigenvalue weighted by atomic mass is 32.1. The van der Waals surface area contributed by atoms with E-state index < -0.39 is 0 Å². The van der Waals surface area contributed by atoms with E-state index >= 15 is 0 Å². The van der Waals surface area contributed by atoms with E-state index in [9.17, 15) is 0 Å². The Hall–Kier alpha value is -0.460. The molecule has 0 bridgehead atoms. The zero-order chi connectivity index (χ0) is 14.1. The second kappa shape index (κ2) is 6.34. The Kier molecular flexibility index (Phi) is 4.27. The van der Waals surface area contributed by atoms with Gasteiger partial charge in [0.2, 0.25) is 0 Å². The van der Waals surface area contributed by atoms with Gasteiger partial charge in [0.05, 0.1) is 26.4 Å². The Bertz CT molecular complexity index is 447. The number of thiophene rings is 1. The summed E-state index contributed by atoms with van der Waals surface area (Å²) in [5, 5.41) is 2.18. The minimum Gasteiger partial charge on any atom is -0.379 e. The molecule has 4 heterocycles. The van der Waals surface area contributed by atoms with Gasteiger partial charge in [-0.2, -0.15) is 0 Å². The van der Waals surface area contributed by atoms with Crippen LogP contribution in [0.2, 0.25) is 0 Å². The van der Waals surface area contributed by atoms with Crippen LogP contribution < -0.4 is 0 Å². The first-order valence-corrected chi connectivity index (χ1v) is 8.92. The smallest absolute Gasteiger partial charge is 0.0625 e. The van der Waals surface area contributed by atoms with Crippen LogP contribution in [0.3, 0.4) is 0 Å². The van der Waals surface area contributed by atoms with Gasteiger partial charge >= 0.3 is 0 Å². The predicted octanol–water partition coefficient (Wildman–Crippen LogP) is 1.53. The number of likely N-dealkylation sites (tertiary alicyclic amines) is 1. The maximum Gasteiger partial charge on any atom is 0.0625 e. The molecule has 0 aliphatic carbocycles. The molecule has 4 rings (SSSR count). The maximum atomic E-state index is 5.93. The summed E-state index contributed by atoms with van der Waals surface area (Å²) in [6.45, 7) is 9.31. The minimum atomic E-state index is 0.598. The van der Waals surface area contributed by atoms with Gasteiger partial charge in [-0.25, -0.2) is 0 Å². The van der Waals surface area contributed by atoms with E-state index in [0.717, 1.165) is 52.0 Å². The van der Waals surface area contributed by atoms with Crippen LogP contribution in [-0.4, -0.2) is 68.4 Å². The van der Waals surface area contributed by atoms with Crippen LogP contribution in [0.5, 0.6) is 0 Å². The van der Waals surface area contributed by atoms with Crippen molar-refractivity contribution in [3.8, 4) is 0 Å². The standard InChI is InChI=1S/C16H24N2O2S/c1-2-14(21-7-1)9-17-8-13-11-20-12-16(15(13)10-17)18-3-5-19-6-4-18/h1-2,7,13,15-16H,3-6,8-12H2/t13-,15-,16-/m0/s1. The number of ether oxygens (including phenoxy) is 2. The quantitative estimate of drug-likeness (QED) is 0.845. The molecule has 0 saturated carbocycles. The van der Waals surface area contributed by atoms with E-state index in [-0.39, 0.29) is 0 Å². The molecule has 3 atom stereocenters. The summed E-state index contributed by atoms with van der Waals surface area (Å²) in [6, 6.07) is 5.01. The summed E-state index contributed by atoms with van der Waals surface area (Å²) >= 11 is 1.87. The lowest BCUT2D eigenvalue weighted by atomic mass is 9.86. The number of hydrogen-bond acceptors (Lipinski definition) is 5. The van der Waals surface area contributed by atoms with Crippen molar-refractivity contribution in [2.45, 2.75) is 12.6 Å². The van der Waals surface area contributed by atoms with Gasteiger partial charge < -0.3 is 9.47 Å². The molecule has 0 amide bonds. The third kappa shape index (κ3) is 3.03. The van der Waals surface area contributed by atoms with Crippen molar-refractivity contribution in [3.05, 3.63) is 22.4 Å². The lowest BCUT2D eigenvalue weighted by Crippen LogP contribution is -2.53. The second-order valence-electron chi connectivity index (χ2n) is 6.45. The molecule has 3 aliphatic heterocycles. The van der Waals surface area contributed by atoms with Crippen molar-refractivity contribution < 1.29 is 9.47 Å². The molecule has 0 aromatic carbocycles. The minimum absolute atomic E-state index is 0.598. The van der Waals surface area contributed by atoms with Crippen molar-refractivity contribution in [2.75, 3.05) is 52.6 Å². The van der Waals surface area contributed by atoms with E-state index in [0.29, 0.717) is 12.0 Å². The number of morpholine rings is 1. The van der Waals surface area contributed by atoms with Gasteiger partial charge in [0.15, 0.2) is 0 Å². The number of fused-ring (bicyclic) bond motifs is 1. The van der Waals surface area contributed by atoms with Gasteiger partial charge in [0.25, 0.3) is 0 Å². The Morgan fingerprint density at radius 3 is 2.86 bits per heavy atom. The highest BCUT2D eigenvalue weighted by molar-refractivity contribution is 7.09. The predicted molar refractivity (Wildman–Crippen MR) is 83.6 cm³/mol. The molecule has 0 N–H and O–H groups in total. The van der Waals surface area contributed by atoms with E-state index in [1.54, 1.807) is 0 Å². The van der Waals surface area contributed by atoms with Gasteiger partial charge in [-0.15, -0.1) is 11.3 Å². The largest absolute Gasteiger partial charge is 0.379 e. The fourth-order valence-electron chi connectivity index (χ4n) is 4.10. The maximum absolute atomic E-state index is 5.93. The summed E-state index contributed by atoms with van der Waals surface area (Å²) in [4.78, 5) is 6.72. The molecule has 5 heteroatoms. The molecule has 21 heavy (non-hydrogen) atoms. The number of nitrogens with zero attached hydrogens (tertiary/aromatic N) is 2. The van der Waals surface area contributed by atoms with E-state index in [1.807, 2.05) is 11.3 Å². The average molecular weight is 308 g/mol. The monoisotopic (exact) mass is 308 g/mol. The molecular formula is C16H24N2O2S. The summed E-state index contributed by atoms with van der Waals surface area (Å²) in [5.74, 6) is 1.49. The number of rotatable bonds is 3. The van der Waals surface area contributed by atoms with Crippen LogP contribution in [0, 0.1) is 11.8 Å². The Morgan fingerprint density at radius 2 is 2.05 bits per heavy atom. The van der Waals surface area contributed by atoms with Crippen molar-refractivity contribution in [2.24, 2.45) is 11.8 Å². The van der Waals surface area contributed by atoms with Gasteiger partial charge in [0.1, 0.15) is 0 Å². The van der Waals surface area contributed by atoms with Crippen molar-refractivity contribution in [3.63, 3.8) is 0 Å². The van der Waals surface area contributed by atoms with Crippen LogP contribution in [0.15, 0.2) is 17.5 Å². The van der Waals surface area contributed by atoms with Crippen molar-refractivity contribution in [1.82, 2.24) is 9.80 Å². The van der Waals surface area contributed by atoms with Gasteiger partial charge in [-0.3, -0.25) is 9.80 Å². The zero-order valence-corrected chi connectivity index (χ0v) is 13.3. The fourth-order valence-corrected chi connectivity index (χ4v) is 4.85. The first-order valence-electron chi connectivity index (χ1n) is 8.04. The van der Waals surface area contributed by atoms with Crippen molar-refractivity contribution in [1.29, 1.82) is 0 Å². The average Bonchev–Trinajstić information content (AvgIpc) is 3.17. The van der Waals surface area contributed by atoms with E-state index in [1.165, 1.54) is 18.0 Å². The lowest BCUT2D eigenvalue weighted by Gasteiger charge is -2.42. The van der Waals surface area contributed by atoms with Gasteiger partial charge in [-0.1, -0.05) is 6.07 Å². The Balaban J connectivity index is 1.42. The Morgan fingerprint density at radius 1 is 1.14 bits per heavy atom. The molecule has 3 aliphatic rings. The zero-order valence-electron chi connectivity index (χ0n) is 12.4. The molecule has 1 aromatic rings. The first-order chi connectivity index (χ1) is 10.4. The normalized spacial score (nSPS) is 35.0. The van der Waals surface area contributed by atoms with Gasteiger partial charge in [-0.05, 0) is 17.4 Å². The molecule has 0 unspecified atom stereocenters. The molecule has 0 radical (unpaired) electrons. The van der Waals surface area contributed by atoms with Crippen LogP contribution in [0.1, 0.15) is 4.88 Å². The molecular weight excluding hydrogens is 284 g/mol. The Labute approximate surface area is 130 Å². The summed E-state index contributed by atoms with van der Waals surface area (Å²) in [7, 11) is 0. The lowest BCUT2D eigenvalue weighted by molar-refractivity contribution is -0.0683.